The largest absolute Gasteiger partial charge is 0.492 e. The zero-order chi connectivity index (χ0) is 23.9. The highest BCUT2D eigenvalue weighted by Gasteiger charge is 2.27. The molecule has 34 heavy (non-hydrogen) atoms. The second kappa shape index (κ2) is 11.1. The highest BCUT2D eigenvalue weighted by atomic mass is 19.1. The van der Waals surface area contributed by atoms with Crippen LogP contribution in [0.2, 0.25) is 0 Å². The highest BCUT2D eigenvalue weighted by Crippen LogP contribution is 2.24. The molecule has 7 heteroatoms. The van der Waals surface area contributed by atoms with Gasteiger partial charge in [0, 0.05) is 31.1 Å². The molecule has 2 aliphatic rings. The third kappa shape index (κ3) is 5.93. The van der Waals surface area contributed by atoms with Crippen LogP contribution in [-0.4, -0.2) is 53.9 Å². The Hall–Kier alpha value is -3.40. The average Bonchev–Trinajstić information content (AvgIpc) is 2.86. The summed E-state index contributed by atoms with van der Waals surface area (Å²) in [5.74, 6) is -0.121. The van der Waals surface area contributed by atoms with E-state index in [1.165, 1.54) is 11.6 Å². The lowest BCUT2D eigenvalue weighted by molar-refractivity contribution is -0.135. The van der Waals surface area contributed by atoms with Crippen molar-refractivity contribution in [3.8, 4) is 11.8 Å². The normalized spacial score (nSPS) is 19.8. The van der Waals surface area contributed by atoms with Crippen LogP contribution in [0.25, 0.3) is 0 Å². The van der Waals surface area contributed by atoms with Gasteiger partial charge >= 0.3 is 0 Å². The Labute approximate surface area is 199 Å². The Kier molecular flexibility index (Phi) is 7.79. The lowest BCUT2D eigenvalue weighted by Gasteiger charge is -2.36. The van der Waals surface area contributed by atoms with Crippen molar-refractivity contribution in [1.29, 1.82) is 5.26 Å². The molecule has 2 amide bonds. The Bertz CT molecular complexity index is 1080. The number of nitriles is 1. The Morgan fingerprint density at radius 1 is 1.03 bits per heavy atom. The molecule has 6 nitrogen and oxygen atoms in total. The molecule has 2 heterocycles. The van der Waals surface area contributed by atoms with Gasteiger partial charge in [-0.15, -0.1) is 0 Å². The van der Waals surface area contributed by atoms with Gasteiger partial charge in [0.15, 0.2) is 0 Å². The van der Waals surface area contributed by atoms with Gasteiger partial charge in [0.2, 0.25) is 5.91 Å². The van der Waals surface area contributed by atoms with Gasteiger partial charge in [0.25, 0.3) is 5.91 Å². The van der Waals surface area contributed by atoms with E-state index in [0.29, 0.717) is 25.9 Å². The number of carbonyl (C=O) groups excluding carboxylic acids is 2. The summed E-state index contributed by atoms with van der Waals surface area (Å²) in [6.07, 6.45) is 5.88. The number of rotatable bonds is 1. The maximum absolute atomic E-state index is 14.0. The minimum absolute atomic E-state index is 0.0982. The summed E-state index contributed by atoms with van der Waals surface area (Å²) >= 11 is 0. The number of fused-ring (bicyclic) bond motifs is 3. The van der Waals surface area contributed by atoms with Gasteiger partial charge in [-0.2, -0.15) is 5.26 Å². The predicted octanol–water partition coefficient (Wildman–Crippen LogP) is 4.33. The second-order valence-electron chi connectivity index (χ2n) is 9.01. The number of ether oxygens (including phenoxy) is 1. The molecule has 2 aromatic carbocycles. The van der Waals surface area contributed by atoms with Crippen molar-refractivity contribution in [2.75, 3.05) is 26.2 Å². The van der Waals surface area contributed by atoms with E-state index in [2.05, 4.69) is 6.07 Å². The van der Waals surface area contributed by atoms with E-state index in [9.17, 15) is 14.0 Å². The third-order valence-corrected chi connectivity index (χ3v) is 6.62. The number of aryl methyl sites for hydroxylation is 1. The van der Waals surface area contributed by atoms with Crippen molar-refractivity contribution in [3.05, 3.63) is 65.0 Å². The predicted molar refractivity (Wildman–Crippen MR) is 126 cm³/mol. The van der Waals surface area contributed by atoms with Crippen molar-refractivity contribution in [2.24, 2.45) is 0 Å². The molecule has 0 N–H and O–H groups in total. The topological polar surface area (TPSA) is 73.6 Å². The smallest absolute Gasteiger partial charge is 0.254 e. The average molecular weight is 464 g/mol. The van der Waals surface area contributed by atoms with Crippen LogP contribution < -0.4 is 4.74 Å². The molecule has 1 saturated heterocycles. The first-order valence-corrected chi connectivity index (χ1v) is 12.0. The Morgan fingerprint density at radius 2 is 1.91 bits per heavy atom. The van der Waals surface area contributed by atoms with Crippen LogP contribution in [0.1, 0.15) is 60.0 Å². The molecule has 2 aliphatic heterocycles. The molecule has 178 valence electrons. The van der Waals surface area contributed by atoms with Crippen LogP contribution in [0.15, 0.2) is 42.5 Å². The standard InChI is InChI=1S/C27H30FN3O3/c28-23-16-21(19-29)15-22(18-23)27(33)30-11-4-8-26(32)31-12-2-1-6-24(31)10-9-20-5-3-7-25(17-20)34-14-13-30/h3,5,7,15-18,24H,1-2,4,6,8-14H2. The minimum atomic E-state index is -0.625. The summed E-state index contributed by atoms with van der Waals surface area (Å²) in [7, 11) is 0. The van der Waals surface area contributed by atoms with E-state index in [1.807, 2.05) is 29.2 Å². The summed E-state index contributed by atoms with van der Waals surface area (Å²) in [5, 5.41) is 9.15. The molecule has 0 saturated carbocycles. The highest BCUT2D eigenvalue weighted by molar-refractivity contribution is 5.94. The summed E-state index contributed by atoms with van der Waals surface area (Å²) in [6.45, 7) is 1.71. The summed E-state index contributed by atoms with van der Waals surface area (Å²) in [6, 6.07) is 13.7. The van der Waals surface area contributed by atoms with Gasteiger partial charge in [-0.1, -0.05) is 12.1 Å². The molecule has 1 fully saturated rings. The second-order valence-corrected chi connectivity index (χ2v) is 9.01. The van der Waals surface area contributed by atoms with Crippen molar-refractivity contribution in [3.63, 3.8) is 0 Å². The van der Waals surface area contributed by atoms with Crippen molar-refractivity contribution >= 4 is 11.8 Å². The van der Waals surface area contributed by atoms with Crippen LogP contribution in [0.5, 0.6) is 5.75 Å². The monoisotopic (exact) mass is 463 g/mol. The first-order valence-electron chi connectivity index (χ1n) is 12.0. The SMILES string of the molecule is N#Cc1cc(F)cc(C(=O)N2CCCC(=O)N3CCCCC3CCc3cccc(c3)OCC2)c1. The maximum Gasteiger partial charge on any atom is 0.254 e. The van der Waals surface area contributed by atoms with E-state index in [1.54, 1.807) is 4.90 Å². The number of halogens is 1. The summed E-state index contributed by atoms with van der Waals surface area (Å²) in [4.78, 5) is 29.9. The van der Waals surface area contributed by atoms with Crippen molar-refractivity contribution in [1.82, 2.24) is 9.80 Å². The number of nitrogens with zero attached hydrogens (tertiary/aromatic N) is 3. The molecule has 1 atom stereocenters. The van der Waals surface area contributed by atoms with Crippen LogP contribution >= 0.6 is 0 Å². The van der Waals surface area contributed by atoms with E-state index in [-0.39, 0.29) is 35.6 Å². The van der Waals surface area contributed by atoms with Gasteiger partial charge in [0.05, 0.1) is 18.2 Å². The number of carbonyl (C=O) groups is 2. The van der Waals surface area contributed by atoms with E-state index < -0.39 is 5.82 Å². The van der Waals surface area contributed by atoms with E-state index in [4.69, 9.17) is 10.00 Å². The van der Waals surface area contributed by atoms with Crippen LogP contribution in [0, 0.1) is 17.1 Å². The maximum atomic E-state index is 14.0. The van der Waals surface area contributed by atoms with E-state index >= 15 is 0 Å². The first kappa shape index (κ1) is 23.7. The van der Waals surface area contributed by atoms with Gasteiger partial charge in [-0.3, -0.25) is 9.59 Å². The Balaban J connectivity index is 1.55. The van der Waals surface area contributed by atoms with Gasteiger partial charge < -0.3 is 14.5 Å². The van der Waals surface area contributed by atoms with Gasteiger partial charge in [-0.05, 0) is 74.4 Å². The van der Waals surface area contributed by atoms with E-state index in [0.717, 1.165) is 56.5 Å². The van der Waals surface area contributed by atoms with Crippen LogP contribution in [0.4, 0.5) is 4.39 Å². The number of hydrogen-bond donors (Lipinski definition) is 0. The summed E-state index contributed by atoms with van der Waals surface area (Å²) in [5.41, 5.74) is 1.39. The minimum Gasteiger partial charge on any atom is -0.492 e. The number of benzene rings is 2. The lowest BCUT2D eigenvalue weighted by Crippen LogP contribution is -2.44. The van der Waals surface area contributed by atoms with Crippen LogP contribution in [0.3, 0.4) is 0 Å². The third-order valence-electron chi connectivity index (χ3n) is 6.62. The lowest BCUT2D eigenvalue weighted by atomic mass is 9.95. The molecular weight excluding hydrogens is 433 g/mol. The van der Waals surface area contributed by atoms with Crippen molar-refractivity contribution < 1.29 is 18.7 Å². The number of hydrogen-bond acceptors (Lipinski definition) is 4. The molecular formula is C27H30FN3O3. The quantitative estimate of drug-likeness (QED) is 0.631. The number of amides is 2. The summed E-state index contributed by atoms with van der Waals surface area (Å²) < 4.78 is 19.9. The van der Waals surface area contributed by atoms with Crippen molar-refractivity contribution in [2.45, 2.75) is 51.0 Å². The van der Waals surface area contributed by atoms with Gasteiger partial charge in [0.1, 0.15) is 18.2 Å². The molecule has 0 aromatic heterocycles. The molecule has 1 unspecified atom stereocenters. The fourth-order valence-electron chi connectivity index (χ4n) is 4.87. The molecule has 0 radical (unpaired) electrons. The zero-order valence-corrected chi connectivity index (χ0v) is 19.3. The fraction of sp³-hybridized carbons (Fsp3) is 0.444. The van der Waals surface area contributed by atoms with Crippen LogP contribution in [-0.2, 0) is 11.2 Å². The molecule has 2 aromatic rings. The molecule has 0 spiro atoms. The first-order chi connectivity index (χ1) is 16.5. The molecule has 4 rings (SSSR count). The zero-order valence-electron chi connectivity index (χ0n) is 19.3. The number of piperidine rings is 1. The Morgan fingerprint density at radius 3 is 2.76 bits per heavy atom. The molecule has 2 bridgehead atoms. The molecule has 0 aliphatic carbocycles. The van der Waals surface area contributed by atoms with Gasteiger partial charge in [-0.25, -0.2) is 4.39 Å². The fourth-order valence-corrected chi connectivity index (χ4v) is 4.87.